The van der Waals surface area contributed by atoms with Crippen molar-refractivity contribution < 1.29 is 23.8 Å². The summed E-state index contributed by atoms with van der Waals surface area (Å²) < 4.78 is 18.6. The van der Waals surface area contributed by atoms with Crippen LogP contribution in [-0.4, -0.2) is 30.8 Å². The molecule has 0 radical (unpaired) electrons. The Kier molecular flexibility index (Phi) is 7.19. The Morgan fingerprint density at radius 3 is 2.51 bits per heavy atom. The van der Waals surface area contributed by atoms with Gasteiger partial charge in [0.25, 0.3) is 0 Å². The first-order valence-electron chi connectivity index (χ1n) is 17.3. The van der Waals surface area contributed by atoms with Gasteiger partial charge in [0.05, 0.1) is 12.7 Å². The Hall–Kier alpha value is -2.14. The summed E-state index contributed by atoms with van der Waals surface area (Å²) in [5.74, 6) is 3.79. The Morgan fingerprint density at radius 1 is 0.977 bits per heavy atom. The van der Waals surface area contributed by atoms with Crippen LogP contribution in [0.15, 0.2) is 29.8 Å². The number of esters is 2. The molecule has 0 bridgehead atoms. The molecule has 5 heteroatoms. The van der Waals surface area contributed by atoms with Gasteiger partial charge in [-0.15, -0.1) is 0 Å². The van der Waals surface area contributed by atoms with Gasteiger partial charge in [-0.3, -0.25) is 9.59 Å². The van der Waals surface area contributed by atoms with Crippen molar-refractivity contribution in [3.05, 3.63) is 41.0 Å². The van der Waals surface area contributed by atoms with E-state index in [1.165, 1.54) is 62.1 Å². The molecule has 0 N–H and O–H groups in total. The Labute approximate surface area is 258 Å². The maximum atomic E-state index is 11.7. The average molecular weight is 589 g/mol. The van der Waals surface area contributed by atoms with Crippen LogP contribution >= 0.6 is 0 Å². The molecule has 5 nitrogen and oxygen atoms in total. The molecule has 1 spiro atoms. The van der Waals surface area contributed by atoms with E-state index in [0.29, 0.717) is 35.2 Å². The van der Waals surface area contributed by atoms with Crippen LogP contribution in [0.2, 0.25) is 0 Å². The van der Waals surface area contributed by atoms with Gasteiger partial charge >= 0.3 is 11.9 Å². The number of benzene rings is 1. The standard InChI is InChI=1S/C38H52O5/c1-22(21-41-24(3)39)17-28-18-26-9-7-8-10-31(26)38(28)23(2)35-34(43-38)20-33-30-12-11-27-19-29(42-25(4)40)13-15-36(27,5)32(30)14-16-37(33,35)6/h7-10,18,22-23,27,29-30,32-35H,11-17,19-21H2,1-6H3/t22-,23+,27+,29+,30-,32+,33+,34+,35+,36+,37+,38-/m1/s1. The van der Waals surface area contributed by atoms with E-state index in [0.717, 1.165) is 37.0 Å². The Morgan fingerprint density at radius 2 is 1.74 bits per heavy atom. The topological polar surface area (TPSA) is 61.8 Å². The van der Waals surface area contributed by atoms with Crippen molar-refractivity contribution >= 4 is 18.0 Å². The number of hydrogen-bond acceptors (Lipinski definition) is 5. The summed E-state index contributed by atoms with van der Waals surface area (Å²) in [5, 5.41) is 0. The zero-order valence-corrected chi connectivity index (χ0v) is 27.2. The summed E-state index contributed by atoms with van der Waals surface area (Å²) in [5.41, 5.74) is 4.30. The molecule has 1 aromatic rings. The van der Waals surface area contributed by atoms with Gasteiger partial charge in [0.1, 0.15) is 11.7 Å². The molecular formula is C38H52O5. The van der Waals surface area contributed by atoms with Crippen molar-refractivity contribution in [3.8, 4) is 0 Å². The van der Waals surface area contributed by atoms with Gasteiger partial charge in [-0.25, -0.2) is 0 Å². The van der Waals surface area contributed by atoms with Gasteiger partial charge in [0.2, 0.25) is 0 Å². The van der Waals surface area contributed by atoms with Crippen LogP contribution in [0.25, 0.3) is 6.08 Å². The lowest BCUT2D eigenvalue weighted by atomic mass is 9.44. The second kappa shape index (κ2) is 10.5. The molecule has 12 atom stereocenters. The smallest absolute Gasteiger partial charge is 0.302 e. The molecule has 1 saturated heterocycles. The highest BCUT2D eigenvalue weighted by atomic mass is 16.5. The number of ether oxygens (including phenoxy) is 3. The van der Waals surface area contributed by atoms with Gasteiger partial charge in [-0.1, -0.05) is 58.0 Å². The number of carbonyl (C=O) groups excluding carboxylic acids is 2. The maximum absolute atomic E-state index is 11.7. The molecule has 1 heterocycles. The molecular weight excluding hydrogens is 536 g/mol. The predicted molar refractivity (Wildman–Crippen MR) is 167 cm³/mol. The number of fused-ring (bicyclic) bond motifs is 9. The zero-order valence-electron chi connectivity index (χ0n) is 27.2. The molecule has 43 heavy (non-hydrogen) atoms. The van der Waals surface area contributed by atoms with E-state index in [2.05, 4.69) is 58.0 Å². The summed E-state index contributed by atoms with van der Waals surface area (Å²) in [6.07, 6.45) is 13.3. The highest BCUT2D eigenvalue weighted by Crippen LogP contribution is 2.73. The van der Waals surface area contributed by atoms with Gasteiger partial charge in [-0.2, -0.15) is 0 Å². The number of hydrogen-bond donors (Lipinski definition) is 0. The van der Waals surface area contributed by atoms with Crippen LogP contribution in [0.3, 0.4) is 0 Å². The molecule has 6 aliphatic rings. The minimum atomic E-state index is -0.375. The van der Waals surface area contributed by atoms with Gasteiger partial charge in [0, 0.05) is 13.8 Å². The molecule has 5 fully saturated rings. The summed E-state index contributed by atoms with van der Waals surface area (Å²) >= 11 is 0. The minimum absolute atomic E-state index is 0.116. The fourth-order valence-electron chi connectivity index (χ4n) is 12.2. The fourth-order valence-corrected chi connectivity index (χ4v) is 12.2. The quantitative estimate of drug-likeness (QED) is 0.325. The average Bonchev–Trinajstić information content (AvgIpc) is 3.54. The molecule has 7 rings (SSSR count). The third-order valence-corrected chi connectivity index (χ3v) is 13.9. The van der Waals surface area contributed by atoms with Crippen molar-refractivity contribution in [2.45, 2.75) is 117 Å². The predicted octanol–water partition coefficient (Wildman–Crippen LogP) is 8.10. The van der Waals surface area contributed by atoms with Crippen LogP contribution in [0.4, 0.5) is 0 Å². The second-order valence-corrected chi connectivity index (χ2v) is 16.0. The third kappa shape index (κ3) is 4.41. The summed E-state index contributed by atoms with van der Waals surface area (Å²) in [6, 6.07) is 8.87. The molecule has 4 saturated carbocycles. The van der Waals surface area contributed by atoms with Crippen LogP contribution in [0.5, 0.6) is 0 Å². The molecule has 0 unspecified atom stereocenters. The Bertz CT molecular complexity index is 1320. The SMILES string of the molecule is CC(=O)OC[C@H](C)CC1=Cc2ccccc2[C@]12O[C@H]1C[C@H]3[C@@H]4CC[C@H]5C[C@@H](OC(C)=O)CC[C@]5(C)[C@H]4CC[C@]3(C)[C@H]1[C@@H]2C. The highest BCUT2D eigenvalue weighted by molar-refractivity contribution is 5.69. The largest absolute Gasteiger partial charge is 0.466 e. The molecule has 1 aliphatic heterocycles. The normalized spacial score (nSPS) is 44.8. The van der Waals surface area contributed by atoms with E-state index < -0.39 is 0 Å². The lowest BCUT2D eigenvalue weighted by molar-refractivity contribution is -0.161. The fraction of sp³-hybridized carbons (Fsp3) is 0.737. The third-order valence-electron chi connectivity index (χ3n) is 13.9. The number of rotatable bonds is 5. The van der Waals surface area contributed by atoms with Crippen LogP contribution in [0.1, 0.15) is 110 Å². The lowest BCUT2D eigenvalue weighted by Gasteiger charge is -2.61. The van der Waals surface area contributed by atoms with Gasteiger partial charge in [0.15, 0.2) is 0 Å². The van der Waals surface area contributed by atoms with E-state index in [1.54, 1.807) is 6.92 Å². The van der Waals surface area contributed by atoms with Gasteiger partial charge in [-0.05, 0) is 127 Å². The lowest BCUT2D eigenvalue weighted by Crippen LogP contribution is -2.54. The first-order valence-corrected chi connectivity index (χ1v) is 17.3. The van der Waals surface area contributed by atoms with E-state index >= 15 is 0 Å². The molecule has 234 valence electrons. The van der Waals surface area contributed by atoms with Crippen LogP contribution < -0.4 is 0 Å². The first kappa shape index (κ1) is 29.6. The van der Waals surface area contributed by atoms with Gasteiger partial charge < -0.3 is 14.2 Å². The summed E-state index contributed by atoms with van der Waals surface area (Å²) in [7, 11) is 0. The summed E-state index contributed by atoms with van der Waals surface area (Å²) in [6.45, 7) is 13.4. The van der Waals surface area contributed by atoms with Crippen LogP contribution in [-0.2, 0) is 29.4 Å². The van der Waals surface area contributed by atoms with Crippen molar-refractivity contribution in [2.75, 3.05) is 6.61 Å². The van der Waals surface area contributed by atoms with Crippen molar-refractivity contribution in [1.29, 1.82) is 0 Å². The minimum Gasteiger partial charge on any atom is -0.466 e. The first-order chi connectivity index (χ1) is 20.5. The second-order valence-electron chi connectivity index (χ2n) is 16.0. The molecule has 0 aromatic heterocycles. The molecule has 0 amide bonds. The maximum Gasteiger partial charge on any atom is 0.302 e. The van der Waals surface area contributed by atoms with Crippen molar-refractivity contribution in [2.24, 2.45) is 52.3 Å². The van der Waals surface area contributed by atoms with Crippen molar-refractivity contribution in [1.82, 2.24) is 0 Å². The van der Waals surface area contributed by atoms with Crippen molar-refractivity contribution in [3.63, 3.8) is 0 Å². The molecule has 5 aliphatic carbocycles. The molecule has 1 aromatic carbocycles. The monoisotopic (exact) mass is 588 g/mol. The van der Waals surface area contributed by atoms with E-state index in [4.69, 9.17) is 14.2 Å². The van der Waals surface area contributed by atoms with E-state index in [9.17, 15) is 9.59 Å². The van der Waals surface area contributed by atoms with Crippen LogP contribution in [0, 0.1) is 52.3 Å². The number of carbonyl (C=O) groups is 2. The van der Waals surface area contributed by atoms with E-state index in [1.807, 2.05) is 0 Å². The zero-order chi connectivity index (χ0) is 30.3. The summed E-state index contributed by atoms with van der Waals surface area (Å²) in [4.78, 5) is 23.2. The highest BCUT2D eigenvalue weighted by Gasteiger charge is 2.70. The Balaban J connectivity index is 1.14. The van der Waals surface area contributed by atoms with E-state index in [-0.39, 0.29) is 35.7 Å².